The van der Waals surface area contributed by atoms with E-state index in [1.54, 1.807) is 0 Å². The molecule has 0 spiro atoms. The second-order valence-corrected chi connectivity index (χ2v) is 6.63. The molecule has 1 aromatic heterocycles. The maximum atomic E-state index is 12.2. The Labute approximate surface area is 144 Å². The fourth-order valence-corrected chi connectivity index (χ4v) is 3.28. The Bertz CT molecular complexity index is 654. The van der Waals surface area contributed by atoms with Crippen LogP contribution in [-0.4, -0.2) is 41.6 Å². The monoisotopic (exact) mass is 325 g/mol. The Hall–Kier alpha value is -2.07. The number of aryl methyl sites for hydroxylation is 1. The maximum absolute atomic E-state index is 12.2. The third-order valence-electron chi connectivity index (χ3n) is 4.69. The second-order valence-electron chi connectivity index (χ2n) is 6.63. The fraction of sp³-hybridized carbons (Fsp3) is 0.450. The highest BCUT2D eigenvalue weighted by molar-refractivity contribution is 5.78. The highest BCUT2D eigenvalue weighted by Gasteiger charge is 2.11. The minimum atomic E-state index is 0.0964. The Balaban J connectivity index is 1.51. The van der Waals surface area contributed by atoms with Gasteiger partial charge in [0.2, 0.25) is 5.91 Å². The van der Waals surface area contributed by atoms with Gasteiger partial charge in [-0.05, 0) is 57.1 Å². The first-order chi connectivity index (χ1) is 11.7. The van der Waals surface area contributed by atoms with Crippen LogP contribution in [0.5, 0.6) is 0 Å². The molecule has 1 N–H and O–H groups in total. The Morgan fingerprint density at radius 1 is 1.08 bits per heavy atom. The fourth-order valence-electron chi connectivity index (χ4n) is 3.28. The number of nitrogens with zero attached hydrogens (tertiary/aromatic N) is 2. The topological polar surface area (TPSA) is 37.3 Å². The number of amides is 1. The average molecular weight is 325 g/mol. The van der Waals surface area contributed by atoms with E-state index in [-0.39, 0.29) is 5.91 Å². The van der Waals surface area contributed by atoms with Gasteiger partial charge in [0.15, 0.2) is 0 Å². The van der Waals surface area contributed by atoms with Crippen LogP contribution in [-0.2, 0) is 11.2 Å². The quantitative estimate of drug-likeness (QED) is 0.887. The molecule has 1 amide bonds. The van der Waals surface area contributed by atoms with Gasteiger partial charge in [-0.3, -0.25) is 4.79 Å². The lowest BCUT2D eigenvalue weighted by Crippen LogP contribution is -2.38. The van der Waals surface area contributed by atoms with Crippen molar-refractivity contribution >= 4 is 5.91 Å². The van der Waals surface area contributed by atoms with Crippen molar-refractivity contribution < 1.29 is 4.79 Å². The molecule has 1 aliphatic heterocycles. The van der Waals surface area contributed by atoms with E-state index in [0.29, 0.717) is 6.42 Å². The summed E-state index contributed by atoms with van der Waals surface area (Å²) in [6, 6.07) is 12.4. The molecule has 2 aromatic rings. The van der Waals surface area contributed by atoms with Crippen LogP contribution in [0.4, 0.5) is 0 Å². The highest BCUT2D eigenvalue weighted by Crippen LogP contribution is 2.14. The van der Waals surface area contributed by atoms with Crippen molar-refractivity contribution in [1.29, 1.82) is 0 Å². The van der Waals surface area contributed by atoms with Gasteiger partial charge in [0.25, 0.3) is 0 Å². The first-order valence-electron chi connectivity index (χ1n) is 8.95. The largest absolute Gasteiger partial charge is 0.354 e. The van der Waals surface area contributed by atoms with Gasteiger partial charge in [-0.1, -0.05) is 24.1 Å². The molecule has 24 heavy (non-hydrogen) atoms. The lowest BCUT2D eigenvalue weighted by Gasteiger charge is -2.26. The van der Waals surface area contributed by atoms with Crippen LogP contribution in [0.2, 0.25) is 0 Å². The predicted octanol–water partition coefficient (Wildman–Crippen LogP) is 2.93. The highest BCUT2D eigenvalue weighted by atomic mass is 16.1. The van der Waals surface area contributed by atoms with Gasteiger partial charge >= 0.3 is 0 Å². The summed E-state index contributed by atoms with van der Waals surface area (Å²) in [5.74, 6) is 0.0964. The van der Waals surface area contributed by atoms with Crippen LogP contribution >= 0.6 is 0 Å². The van der Waals surface area contributed by atoms with E-state index in [1.807, 2.05) is 18.3 Å². The van der Waals surface area contributed by atoms with E-state index in [4.69, 9.17) is 0 Å². The van der Waals surface area contributed by atoms with E-state index in [2.05, 4.69) is 46.0 Å². The number of carbonyl (C=O) groups is 1. The van der Waals surface area contributed by atoms with Crippen LogP contribution in [0, 0.1) is 6.92 Å². The van der Waals surface area contributed by atoms with Crippen LogP contribution in [0.25, 0.3) is 5.69 Å². The summed E-state index contributed by atoms with van der Waals surface area (Å²) in [5.41, 5.74) is 3.36. The zero-order valence-corrected chi connectivity index (χ0v) is 14.5. The van der Waals surface area contributed by atoms with Gasteiger partial charge in [0.1, 0.15) is 0 Å². The van der Waals surface area contributed by atoms with E-state index in [9.17, 15) is 4.79 Å². The third-order valence-corrected chi connectivity index (χ3v) is 4.69. The van der Waals surface area contributed by atoms with Crippen molar-refractivity contribution in [1.82, 2.24) is 14.8 Å². The molecule has 1 saturated heterocycles. The number of benzene rings is 1. The van der Waals surface area contributed by atoms with Crippen LogP contribution in [0.3, 0.4) is 0 Å². The number of carbonyl (C=O) groups excluding carboxylic acids is 1. The number of likely N-dealkylation sites (tertiary alicyclic amines) is 1. The van der Waals surface area contributed by atoms with Crippen molar-refractivity contribution in [2.75, 3.05) is 26.2 Å². The molecule has 4 nitrogen and oxygen atoms in total. The van der Waals surface area contributed by atoms with Gasteiger partial charge in [-0.2, -0.15) is 0 Å². The summed E-state index contributed by atoms with van der Waals surface area (Å²) < 4.78 is 2.09. The van der Waals surface area contributed by atoms with Gasteiger partial charge in [0, 0.05) is 30.7 Å². The Kier molecular flexibility index (Phi) is 5.70. The molecule has 3 rings (SSSR count). The van der Waals surface area contributed by atoms with Crippen molar-refractivity contribution in [3.8, 4) is 5.69 Å². The van der Waals surface area contributed by atoms with Crippen molar-refractivity contribution in [3.63, 3.8) is 0 Å². The first kappa shape index (κ1) is 16.8. The molecular formula is C20H27N3O. The zero-order chi connectivity index (χ0) is 16.8. The summed E-state index contributed by atoms with van der Waals surface area (Å²) in [7, 11) is 0. The normalized spacial score (nSPS) is 15.4. The minimum Gasteiger partial charge on any atom is -0.354 e. The zero-order valence-electron chi connectivity index (χ0n) is 14.5. The summed E-state index contributed by atoms with van der Waals surface area (Å²) in [6.07, 6.45) is 6.36. The van der Waals surface area contributed by atoms with Crippen molar-refractivity contribution in [3.05, 3.63) is 53.9 Å². The molecule has 0 radical (unpaired) electrons. The standard InChI is InChI=1S/C20H27N3O/c1-17-7-9-18(10-8-17)23-14-5-6-19(23)16-20(24)21-11-15-22-12-3-2-4-13-22/h5-10,14H,2-4,11-13,15-16H2,1H3,(H,21,24). The third kappa shape index (κ3) is 4.48. The number of aromatic nitrogens is 1. The van der Waals surface area contributed by atoms with Crippen molar-refractivity contribution in [2.24, 2.45) is 0 Å². The molecule has 1 aromatic carbocycles. The average Bonchev–Trinajstić information content (AvgIpc) is 3.04. The lowest BCUT2D eigenvalue weighted by atomic mass is 10.1. The summed E-state index contributed by atoms with van der Waals surface area (Å²) >= 11 is 0. The van der Waals surface area contributed by atoms with Gasteiger partial charge < -0.3 is 14.8 Å². The molecule has 1 fully saturated rings. The smallest absolute Gasteiger partial charge is 0.225 e. The van der Waals surface area contributed by atoms with Gasteiger partial charge in [0.05, 0.1) is 6.42 Å². The van der Waals surface area contributed by atoms with Crippen LogP contribution in [0.1, 0.15) is 30.5 Å². The SMILES string of the molecule is Cc1ccc(-n2cccc2CC(=O)NCCN2CCCCC2)cc1. The van der Waals surface area contributed by atoms with E-state index >= 15 is 0 Å². The molecule has 0 saturated carbocycles. The molecule has 128 valence electrons. The lowest BCUT2D eigenvalue weighted by molar-refractivity contribution is -0.120. The molecule has 0 aliphatic carbocycles. The molecule has 0 atom stereocenters. The van der Waals surface area contributed by atoms with E-state index in [1.165, 1.54) is 37.9 Å². The Morgan fingerprint density at radius 2 is 1.83 bits per heavy atom. The number of nitrogens with one attached hydrogen (secondary N) is 1. The first-order valence-corrected chi connectivity index (χ1v) is 8.95. The molecule has 4 heteroatoms. The number of hydrogen-bond acceptors (Lipinski definition) is 2. The molecule has 0 unspecified atom stereocenters. The summed E-state index contributed by atoms with van der Waals surface area (Å²) in [5, 5.41) is 3.06. The van der Waals surface area contributed by atoms with Crippen LogP contribution in [0.15, 0.2) is 42.6 Å². The second kappa shape index (κ2) is 8.15. The molecule has 0 bridgehead atoms. The maximum Gasteiger partial charge on any atom is 0.225 e. The van der Waals surface area contributed by atoms with Crippen molar-refractivity contribution in [2.45, 2.75) is 32.6 Å². The molecule has 2 heterocycles. The molecule has 1 aliphatic rings. The van der Waals surface area contributed by atoms with Crippen LogP contribution < -0.4 is 5.32 Å². The summed E-state index contributed by atoms with van der Waals surface area (Å²) in [6.45, 7) is 6.13. The number of hydrogen-bond donors (Lipinski definition) is 1. The summed E-state index contributed by atoms with van der Waals surface area (Å²) in [4.78, 5) is 14.7. The predicted molar refractivity (Wildman–Crippen MR) is 97.5 cm³/mol. The molecular weight excluding hydrogens is 298 g/mol. The minimum absolute atomic E-state index is 0.0964. The van der Waals surface area contributed by atoms with Gasteiger partial charge in [-0.25, -0.2) is 0 Å². The van der Waals surface area contributed by atoms with E-state index < -0.39 is 0 Å². The Morgan fingerprint density at radius 3 is 2.58 bits per heavy atom. The van der Waals surface area contributed by atoms with E-state index in [0.717, 1.165) is 24.5 Å². The number of piperidine rings is 1. The van der Waals surface area contributed by atoms with Gasteiger partial charge in [-0.15, -0.1) is 0 Å². The number of rotatable bonds is 6.